The SMILES string of the molecule is O=C(c1[nH]c(=O)n(-c2nc3ccccc3[nH]2)c1-c1ccccc1)N1CCNCC1. The number of carbonyl (C=O) groups excluding carboxylic acids is 1. The molecule has 5 rings (SSSR count). The molecule has 0 bridgehead atoms. The van der Waals surface area contributed by atoms with E-state index in [2.05, 4.69) is 20.3 Å². The Labute approximate surface area is 166 Å². The third-order valence-corrected chi connectivity index (χ3v) is 5.15. The van der Waals surface area contributed by atoms with E-state index in [1.165, 1.54) is 4.57 Å². The standard InChI is InChI=1S/C21H20N6O2/c28-19(26-12-10-22-11-13-26)17-18(14-6-2-1-3-7-14)27(21(29)25-17)20-23-15-8-4-5-9-16(15)24-20/h1-9,22H,10-13H2,(H,23,24)(H,25,29). The number of aromatic amines is 2. The number of carbonyl (C=O) groups is 1. The smallest absolute Gasteiger partial charge is 0.333 e. The summed E-state index contributed by atoms with van der Waals surface area (Å²) in [5.41, 5.74) is 2.74. The predicted molar refractivity (Wildman–Crippen MR) is 110 cm³/mol. The summed E-state index contributed by atoms with van der Waals surface area (Å²) in [6.07, 6.45) is 0. The minimum absolute atomic E-state index is 0.183. The van der Waals surface area contributed by atoms with Crippen LogP contribution in [0.5, 0.6) is 0 Å². The molecule has 1 aliphatic heterocycles. The van der Waals surface area contributed by atoms with E-state index in [9.17, 15) is 9.59 Å². The van der Waals surface area contributed by atoms with E-state index in [-0.39, 0.29) is 11.6 Å². The van der Waals surface area contributed by atoms with Crippen LogP contribution in [0.25, 0.3) is 28.2 Å². The van der Waals surface area contributed by atoms with Gasteiger partial charge in [-0.15, -0.1) is 0 Å². The summed E-state index contributed by atoms with van der Waals surface area (Å²) in [6, 6.07) is 17.0. The van der Waals surface area contributed by atoms with Gasteiger partial charge >= 0.3 is 5.69 Å². The van der Waals surface area contributed by atoms with Crippen molar-refractivity contribution in [3.8, 4) is 17.2 Å². The summed E-state index contributed by atoms with van der Waals surface area (Å²) in [6.45, 7) is 2.68. The summed E-state index contributed by atoms with van der Waals surface area (Å²) < 4.78 is 1.45. The molecule has 2 aromatic heterocycles. The zero-order chi connectivity index (χ0) is 19.8. The van der Waals surface area contributed by atoms with Crippen molar-refractivity contribution in [3.05, 3.63) is 70.8 Å². The van der Waals surface area contributed by atoms with E-state index in [1.54, 1.807) is 4.90 Å². The molecule has 1 aliphatic rings. The Bertz CT molecular complexity index is 1200. The molecular weight excluding hydrogens is 368 g/mol. The second-order valence-electron chi connectivity index (χ2n) is 6.97. The van der Waals surface area contributed by atoms with Gasteiger partial charge in [-0.1, -0.05) is 42.5 Å². The molecule has 146 valence electrons. The first-order valence-corrected chi connectivity index (χ1v) is 9.58. The largest absolute Gasteiger partial charge is 0.335 e. The van der Waals surface area contributed by atoms with Gasteiger partial charge in [-0.05, 0) is 12.1 Å². The van der Waals surface area contributed by atoms with Gasteiger partial charge in [0.25, 0.3) is 5.91 Å². The molecule has 0 spiro atoms. The Hall–Kier alpha value is -3.65. The highest BCUT2D eigenvalue weighted by Gasteiger charge is 2.27. The van der Waals surface area contributed by atoms with E-state index in [0.717, 1.165) is 29.7 Å². The zero-order valence-electron chi connectivity index (χ0n) is 15.7. The van der Waals surface area contributed by atoms with E-state index < -0.39 is 5.69 Å². The minimum atomic E-state index is -0.401. The highest BCUT2D eigenvalue weighted by molar-refractivity contribution is 5.98. The second kappa shape index (κ2) is 7.06. The third kappa shape index (κ3) is 3.03. The first-order chi connectivity index (χ1) is 14.2. The van der Waals surface area contributed by atoms with Gasteiger partial charge < -0.3 is 20.2 Å². The molecule has 2 aromatic carbocycles. The lowest BCUT2D eigenvalue weighted by molar-refractivity contribution is 0.0731. The number of benzene rings is 2. The monoisotopic (exact) mass is 388 g/mol. The minimum Gasteiger partial charge on any atom is -0.335 e. The molecule has 1 fully saturated rings. The van der Waals surface area contributed by atoms with Gasteiger partial charge in [-0.3, -0.25) is 4.79 Å². The number of nitrogens with one attached hydrogen (secondary N) is 3. The number of para-hydroxylation sites is 2. The number of hydrogen-bond donors (Lipinski definition) is 3. The van der Waals surface area contributed by atoms with Gasteiger partial charge in [0.15, 0.2) is 0 Å². The molecule has 0 atom stereocenters. The fourth-order valence-electron chi connectivity index (χ4n) is 3.73. The van der Waals surface area contributed by atoms with Gasteiger partial charge in [-0.2, -0.15) is 0 Å². The molecular formula is C21H20N6O2. The van der Waals surface area contributed by atoms with Crippen LogP contribution in [0, 0.1) is 0 Å². The molecule has 4 aromatic rings. The molecule has 0 aliphatic carbocycles. The number of rotatable bonds is 3. The van der Waals surface area contributed by atoms with Crippen LogP contribution in [-0.2, 0) is 0 Å². The van der Waals surface area contributed by atoms with Crippen molar-refractivity contribution in [2.45, 2.75) is 0 Å². The van der Waals surface area contributed by atoms with Crippen molar-refractivity contribution < 1.29 is 4.79 Å². The Balaban J connectivity index is 1.71. The topological polar surface area (TPSA) is 98.8 Å². The Morgan fingerprint density at radius 3 is 2.41 bits per heavy atom. The van der Waals surface area contributed by atoms with Gasteiger partial charge in [0.2, 0.25) is 5.95 Å². The first kappa shape index (κ1) is 17.4. The average molecular weight is 388 g/mol. The van der Waals surface area contributed by atoms with Gasteiger partial charge in [0.1, 0.15) is 5.69 Å². The van der Waals surface area contributed by atoms with E-state index >= 15 is 0 Å². The maximum absolute atomic E-state index is 13.2. The van der Waals surface area contributed by atoms with Crippen LogP contribution in [0.15, 0.2) is 59.4 Å². The van der Waals surface area contributed by atoms with Crippen LogP contribution >= 0.6 is 0 Å². The van der Waals surface area contributed by atoms with E-state index in [0.29, 0.717) is 24.7 Å². The fourth-order valence-corrected chi connectivity index (χ4v) is 3.73. The number of aromatic nitrogens is 4. The quantitative estimate of drug-likeness (QED) is 0.498. The van der Waals surface area contributed by atoms with Crippen LogP contribution in [-0.4, -0.2) is 56.5 Å². The van der Waals surface area contributed by atoms with Gasteiger partial charge in [0, 0.05) is 31.7 Å². The van der Waals surface area contributed by atoms with E-state index in [1.807, 2.05) is 54.6 Å². The van der Waals surface area contributed by atoms with Crippen LogP contribution in [0.2, 0.25) is 0 Å². The molecule has 0 saturated carbocycles. The number of fused-ring (bicyclic) bond motifs is 1. The highest BCUT2D eigenvalue weighted by atomic mass is 16.2. The maximum atomic E-state index is 13.2. The van der Waals surface area contributed by atoms with Crippen molar-refractivity contribution in [2.75, 3.05) is 26.2 Å². The second-order valence-corrected chi connectivity index (χ2v) is 6.97. The number of amides is 1. The summed E-state index contributed by atoms with van der Waals surface area (Å²) in [5.74, 6) is 0.197. The lowest BCUT2D eigenvalue weighted by Gasteiger charge is -2.27. The number of imidazole rings is 2. The maximum Gasteiger partial charge on any atom is 0.333 e. The molecule has 0 radical (unpaired) electrons. The van der Waals surface area contributed by atoms with Crippen molar-refractivity contribution in [3.63, 3.8) is 0 Å². The molecule has 3 heterocycles. The van der Waals surface area contributed by atoms with E-state index in [4.69, 9.17) is 0 Å². The number of nitrogens with zero attached hydrogens (tertiary/aromatic N) is 3. The van der Waals surface area contributed by atoms with Crippen LogP contribution in [0.1, 0.15) is 10.5 Å². The zero-order valence-corrected chi connectivity index (χ0v) is 15.7. The third-order valence-electron chi connectivity index (χ3n) is 5.15. The van der Waals surface area contributed by atoms with Gasteiger partial charge in [-0.25, -0.2) is 14.3 Å². The van der Waals surface area contributed by atoms with Crippen molar-refractivity contribution in [2.24, 2.45) is 0 Å². The van der Waals surface area contributed by atoms with Crippen LogP contribution in [0.3, 0.4) is 0 Å². The molecule has 3 N–H and O–H groups in total. The molecule has 1 amide bonds. The fraction of sp³-hybridized carbons (Fsp3) is 0.190. The summed E-state index contributed by atoms with van der Waals surface area (Å²) in [5, 5.41) is 3.24. The van der Waals surface area contributed by atoms with Crippen molar-refractivity contribution in [1.82, 2.24) is 29.7 Å². The first-order valence-electron chi connectivity index (χ1n) is 9.58. The van der Waals surface area contributed by atoms with Gasteiger partial charge in [0.05, 0.1) is 16.7 Å². The lowest BCUT2D eigenvalue weighted by atomic mass is 10.1. The molecule has 0 unspecified atom stereocenters. The molecule has 8 nitrogen and oxygen atoms in total. The van der Waals surface area contributed by atoms with Crippen LogP contribution < -0.4 is 11.0 Å². The Kier molecular flexibility index (Phi) is 4.25. The Morgan fingerprint density at radius 1 is 0.931 bits per heavy atom. The molecule has 8 heteroatoms. The Morgan fingerprint density at radius 2 is 1.66 bits per heavy atom. The molecule has 1 saturated heterocycles. The normalized spacial score (nSPS) is 14.4. The lowest BCUT2D eigenvalue weighted by Crippen LogP contribution is -2.46. The predicted octanol–water partition coefficient (Wildman–Crippen LogP) is 1.75. The average Bonchev–Trinajstić information content (AvgIpc) is 3.35. The summed E-state index contributed by atoms with van der Waals surface area (Å²) in [4.78, 5) is 38.5. The van der Waals surface area contributed by atoms with Crippen LogP contribution in [0.4, 0.5) is 0 Å². The molecule has 29 heavy (non-hydrogen) atoms. The number of H-pyrrole nitrogens is 2. The van der Waals surface area contributed by atoms with Crippen molar-refractivity contribution in [1.29, 1.82) is 0 Å². The highest BCUT2D eigenvalue weighted by Crippen LogP contribution is 2.26. The van der Waals surface area contributed by atoms with Crippen molar-refractivity contribution >= 4 is 16.9 Å². The summed E-state index contributed by atoms with van der Waals surface area (Å²) in [7, 11) is 0. The summed E-state index contributed by atoms with van der Waals surface area (Å²) >= 11 is 0. The number of hydrogen-bond acceptors (Lipinski definition) is 4. The number of piperazine rings is 1.